The first-order chi connectivity index (χ1) is 9.61. The van der Waals surface area contributed by atoms with E-state index < -0.39 is 0 Å². The minimum Gasteiger partial charge on any atom is -0.393 e. The highest BCUT2D eigenvalue weighted by molar-refractivity contribution is 9.10. The molecule has 0 spiro atoms. The second kappa shape index (κ2) is 7.57. The normalized spacial score (nSPS) is 21.1. The molecule has 1 aromatic rings. The summed E-state index contributed by atoms with van der Waals surface area (Å²) in [5.74, 6) is 0. The Bertz CT molecular complexity index is 428. The Balaban J connectivity index is 1.86. The van der Waals surface area contributed by atoms with Crippen LogP contribution in [0.25, 0.3) is 0 Å². The molecule has 1 fully saturated rings. The van der Waals surface area contributed by atoms with Gasteiger partial charge in [-0.05, 0) is 61.9 Å². The van der Waals surface area contributed by atoms with Crippen LogP contribution < -0.4 is 0 Å². The smallest absolute Gasteiger partial charge is 0.0738 e. The molecule has 2 rings (SSSR count). The molecular formula is C15H25BrN2O2. The number of nitrogens with zero attached hydrogens (tertiary/aromatic N) is 2. The SMILES string of the molecule is CCn1nc(C)c(Br)c1CC(O)CCC1CCCCO1. The number of rotatable bonds is 6. The van der Waals surface area contributed by atoms with E-state index in [9.17, 15) is 5.11 Å². The number of halogens is 1. The van der Waals surface area contributed by atoms with Crippen LogP contribution >= 0.6 is 15.9 Å². The molecule has 0 aromatic carbocycles. The van der Waals surface area contributed by atoms with Crippen LogP contribution in [-0.4, -0.2) is 33.7 Å². The predicted octanol–water partition coefficient (Wildman–Crippen LogP) is 3.23. The number of aromatic nitrogens is 2. The first-order valence-electron chi connectivity index (χ1n) is 7.63. The van der Waals surface area contributed by atoms with E-state index in [0.29, 0.717) is 12.5 Å². The molecule has 4 nitrogen and oxygen atoms in total. The Morgan fingerprint density at radius 1 is 1.50 bits per heavy atom. The number of ether oxygens (including phenoxy) is 1. The quantitative estimate of drug-likeness (QED) is 0.861. The maximum absolute atomic E-state index is 10.3. The van der Waals surface area contributed by atoms with Crippen molar-refractivity contribution in [3.05, 3.63) is 15.9 Å². The van der Waals surface area contributed by atoms with Gasteiger partial charge in [0.25, 0.3) is 0 Å². The molecule has 2 heterocycles. The van der Waals surface area contributed by atoms with E-state index in [1.165, 1.54) is 12.8 Å². The number of hydrogen-bond donors (Lipinski definition) is 1. The Kier molecular flexibility index (Phi) is 6.05. The molecule has 1 N–H and O–H groups in total. The van der Waals surface area contributed by atoms with Crippen LogP contribution in [0.2, 0.25) is 0 Å². The topological polar surface area (TPSA) is 47.3 Å². The molecule has 2 unspecified atom stereocenters. The molecule has 114 valence electrons. The van der Waals surface area contributed by atoms with Crippen LogP contribution in [-0.2, 0) is 17.7 Å². The third-order valence-corrected chi connectivity index (χ3v) is 5.01. The lowest BCUT2D eigenvalue weighted by Gasteiger charge is -2.23. The monoisotopic (exact) mass is 344 g/mol. The van der Waals surface area contributed by atoms with Gasteiger partial charge in [0.2, 0.25) is 0 Å². The molecule has 1 aliphatic rings. The molecule has 0 saturated carbocycles. The van der Waals surface area contributed by atoms with E-state index in [0.717, 1.165) is 48.3 Å². The average molecular weight is 345 g/mol. The zero-order chi connectivity index (χ0) is 14.5. The number of aliphatic hydroxyl groups excluding tert-OH is 1. The lowest BCUT2D eigenvalue weighted by molar-refractivity contribution is 0.00221. The first-order valence-corrected chi connectivity index (χ1v) is 8.42. The molecular weight excluding hydrogens is 320 g/mol. The lowest BCUT2D eigenvalue weighted by atomic mass is 10.0. The Morgan fingerprint density at radius 3 is 2.95 bits per heavy atom. The maximum atomic E-state index is 10.3. The van der Waals surface area contributed by atoms with E-state index in [2.05, 4.69) is 28.0 Å². The Morgan fingerprint density at radius 2 is 2.30 bits per heavy atom. The van der Waals surface area contributed by atoms with Gasteiger partial charge < -0.3 is 9.84 Å². The highest BCUT2D eigenvalue weighted by atomic mass is 79.9. The fraction of sp³-hybridized carbons (Fsp3) is 0.800. The van der Waals surface area contributed by atoms with Crippen molar-refractivity contribution >= 4 is 15.9 Å². The van der Waals surface area contributed by atoms with Gasteiger partial charge in [0.1, 0.15) is 0 Å². The van der Waals surface area contributed by atoms with Crippen LogP contribution in [0.4, 0.5) is 0 Å². The summed E-state index contributed by atoms with van der Waals surface area (Å²) >= 11 is 3.58. The van der Waals surface area contributed by atoms with Crippen molar-refractivity contribution in [1.82, 2.24) is 9.78 Å². The van der Waals surface area contributed by atoms with Crippen molar-refractivity contribution in [1.29, 1.82) is 0 Å². The summed E-state index contributed by atoms with van der Waals surface area (Å²) in [6, 6.07) is 0. The number of hydrogen-bond acceptors (Lipinski definition) is 3. The van der Waals surface area contributed by atoms with E-state index in [1.54, 1.807) is 0 Å². The fourth-order valence-corrected chi connectivity index (χ4v) is 3.25. The van der Waals surface area contributed by atoms with Crippen molar-refractivity contribution in [2.45, 2.75) is 71.1 Å². The molecule has 0 radical (unpaired) electrons. The fourth-order valence-electron chi connectivity index (χ4n) is 2.80. The summed E-state index contributed by atoms with van der Waals surface area (Å²) in [6.07, 6.45) is 6.01. The highest BCUT2D eigenvalue weighted by Crippen LogP contribution is 2.24. The average Bonchev–Trinajstić information content (AvgIpc) is 2.74. The van der Waals surface area contributed by atoms with Crippen molar-refractivity contribution in [3.63, 3.8) is 0 Å². The summed E-state index contributed by atoms with van der Waals surface area (Å²) in [7, 11) is 0. The third-order valence-electron chi connectivity index (χ3n) is 3.98. The standard InChI is InChI=1S/C15H25BrN2O2/c1-3-18-14(15(16)11(2)17-18)10-12(19)7-8-13-6-4-5-9-20-13/h12-13,19H,3-10H2,1-2H3. The van der Waals surface area contributed by atoms with Gasteiger partial charge in [-0.1, -0.05) is 0 Å². The molecule has 2 atom stereocenters. The van der Waals surface area contributed by atoms with Gasteiger partial charge in [-0.15, -0.1) is 0 Å². The predicted molar refractivity (Wildman–Crippen MR) is 82.9 cm³/mol. The molecule has 1 saturated heterocycles. The van der Waals surface area contributed by atoms with Crippen LogP contribution in [0.5, 0.6) is 0 Å². The molecule has 5 heteroatoms. The Labute approximate surface area is 129 Å². The lowest BCUT2D eigenvalue weighted by Crippen LogP contribution is -2.22. The van der Waals surface area contributed by atoms with Gasteiger partial charge in [-0.25, -0.2) is 0 Å². The van der Waals surface area contributed by atoms with Gasteiger partial charge in [-0.2, -0.15) is 5.10 Å². The largest absolute Gasteiger partial charge is 0.393 e. The highest BCUT2D eigenvalue weighted by Gasteiger charge is 2.19. The summed E-state index contributed by atoms with van der Waals surface area (Å²) in [6.45, 7) is 5.78. The second-order valence-electron chi connectivity index (χ2n) is 5.59. The molecule has 1 aromatic heterocycles. The molecule has 0 aliphatic carbocycles. The van der Waals surface area contributed by atoms with Crippen LogP contribution in [0.1, 0.15) is 50.4 Å². The molecule has 1 aliphatic heterocycles. The maximum Gasteiger partial charge on any atom is 0.0738 e. The van der Waals surface area contributed by atoms with Gasteiger partial charge in [-0.3, -0.25) is 4.68 Å². The number of aryl methyl sites for hydroxylation is 2. The first kappa shape index (κ1) is 16.0. The van der Waals surface area contributed by atoms with Crippen LogP contribution in [0, 0.1) is 6.92 Å². The van der Waals surface area contributed by atoms with E-state index >= 15 is 0 Å². The van der Waals surface area contributed by atoms with Gasteiger partial charge in [0.05, 0.1) is 28.1 Å². The van der Waals surface area contributed by atoms with Gasteiger partial charge in [0, 0.05) is 19.6 Å². The Hall–Kier alpha value is -0.390. The number of aliphatic hydroxyl groups is 1. The molecule has 0 amide bonds. The zero-order valence-electron chi connectivity index (χ0n) is 12.4. The van der Waals surface area contributed by atoms with Gasteiger partial charge in [0.15, 0.2) is 0 Å². The summed E-state index contributed by atoms with van der Waals surface area (Å²) in [4.78, 5) is 0. The van der Waals surface area contributed by atoms with Crippen LogP contribution in [0.3, 0.4) is 0 Å². The van der Waals surface area contributed by atoms with Crippen molar-refractivity contribution in [2.24, 2.45) is 0 Å². The van der Waals surface area contributed by atoms with Crippen molar-refractivity contribution in [3.8, 4) is 0 Å². The summed E-state index contributed by atoms with van der Waals surface area (Å²) in [5, 5.41) is 14.7. The van der Waals surface area contributed by atoms with Crippen molar-refractivity contribution in [2.75, 3.05) is 6.61 Å². The van der Waals surface area contributed by atoms with Gasteiger partial charge >= 0.3 is 0 Å². The van der Waals surface area contributed by atoms with E-state index in [-0.39, 0.29) is 6.10 Å². The van der Waals surface area contributed by atoms with Crippen LogP contribution in [0.15, 0.2) is 4.47 Å². The summed E-state index contributed by atoms with van der Waals surface area (Å²) in [5.41, 5.74) is 2.09. The minimum absolute atomic E-state index is 0.321. The third kappa shape index (κ3) is 4.06. The molecule has 0 bridgehead atoms. The second-order valence-corrected chi connectivity index (χ2v) is 6.38. The minimum atomic E-state index is -0.321. The van der Waals surface area contributed by atoms with E-state index in [1.807, 2.05) is 11.6 Å². The zero-order valence-corrected chi connectivity index (χ0v) is 14.0. The summed E-state index contributed by atoms with van der Waals surface area (Å²) < 4.78 is 8.72. The van der Waals surface area contributed by atoms with Crippen molar-refractivity contribution < 1.29 is 9.84 Å². The van der Waals surface area contributed by atoms with E-state index in [4.69, 9.17) is 4.74 Å². The molecule has 20 heavy (non-hydrogen) atoms.